The van der Waals surface area contributed by atoms with Gasteiger partial charge in [-0.25, -0.2) is 18.6 Å². The molecule has 0 fully saturated rings. The van der Waals surface area contributed by atoms with Crippen LogP contribution in [-0.2, 0) is 0 Å². The number of allylic oxidation sites excluding steroid dienone is 4. The molecule has 2 heteroatoms. The maximum atomic E-state index is 3.70. The van der Waals surface area contributed by atoms with E-state index >= 15 is 0 Å². The van der Waals surface area contributed by atoms with E-state index in [1.807, 2.05) is 6.08 Å². The molecular formula is C10H17ClMg. The van der Waals surface area contributed by atoms with Gasteiger partial charge in [0.1, 0.15) is 0 Å². The molecule has 0 saturated carbocycles. The molecule has 0 radical (unpaired) electrons. The standard InChI is InChI=1S/C10H17.ClH.Mg/c1-5-10(4)8-6-7-9(2)3;;/h5,7H,1,6,8H2,2-4H3;1H;/q-1;;+2/p-1/b10-5-;;. The molecule has 0 unspecified atom stereocenters. The molecule has 0 heterocycles. The molecule has 0 spiro atoms. The SMILES string of the molecule is [CH2-]/C=C(/C)CCC=C(C)C.[Cl-].[Mg+2]. The molecule has 0 aromatic heterocycles. The van der Waals surface area contributed by atoms with Crippen LogP contribution < -0.4 is 12.4 Å². The van der Waals surface area contributed by atoms with Crippen LogP contribution in [-0.4, -0.2) is 23.1 Å². The molecule has 0 atom stereocenters. The molecule has 0 nitrogen and oxygen atoms in total. The Morgan fingerprint density at radius 2 is 1.75 bits per heavy atom. The van der Waals surface area contributed by atoms with Crippen molar-refractivity contribution in [3.63, 3.8) is 0 Å². The number of hydrogen-bond donors (Lipinski definition) is 0. The summed E-state index contributed by atoms with van der Waals surface area (Å²) in [4.78, 5) is 0. The van der Waals surface area contributed by atoms with Gasteiger partial charge in [0.25, 0.3) is 0 Å². The number of rotatable bonds is 3. The quantitative estimate of drug-likeness (QED) is 0.343. The van der Waals surface area contributed by atoms with Crippen LogP contribution in [0.15, 0.2) is 23.3 Å². The molecule has 0 aromatic rings. The molecule has 0 aromatic carbocycles. The van der Waals surface area contributed by atoms with Crippen molar-refractivity contribution in [2.75, 3.05) is 0 Å². The van der Waals surface area contributed by atoms with Gasteiger partial charge in [0.05, 0.1) is 0 Å². The van der Waals surface area contributed by atoms with Crippen LogP contribution in [0.3, 0.4) is 0 Å². The predicted molar refractivity (Wildman–Crippen MR) is 53.5 cm³/mol. The van der Waals surface area contributed by atoms with Crippen molar-refractivity contribution < 1.29 is 12.4 Å². The zero-order valence-corrected chi connectivity index (χ0v) is 10.5. The number of hydrogen-bond acceptors (Lipinski definition) is 0. The van der Waals surface area contributed by atoms with Gasteiger partial charge in [0.15, 0.2) is 0 Å². The van der Waals surface area contributed by atoms with Crippen molar-refractivity contribution >= 4 is 23.1 Å². The van der Waals surface area contributed by atoms with Gasteiger partial charge in [-0.15, -0.1) is 6.92 Å². The van der Waals surface area contributed by atoms with E-state index in [1.54, 1.807) is 0 Å². The van der Waals surface area contributed by atoms with Gasteiger partial charge < -0.3 is 12.4 Å². The van der Waals surface area contributed by atoms with Crippen molar-refractivity contribution in [3.8, 4) is 0 Å². The van der Waals surface area contributed by atoms with Crippen LogP contribution >= 0.6 is 0 Å². The first-order valence-corrected chi connectivity index (χ1v) is 3.75. The molecule has 0 saturated heterocycles. The fraction of sp³-hybridized carbons (Fsp3) is 0.500. The minimum atomic E-state index is 0. The van der Waals surface area contributed by atoms with Crippen LogP contribution in [0.4, 0.5) is 0 Å². The zero-order valence-electron chi connectivity index (χ0n) is 8.36. The number of halogens is 1. The summed E-state index contributed by atoms with van der Waals surface area (Å²) in [6, 6.07) is 0. The van der Waals surface area contributed by atoms with E-state index in [9.17, 15) is 0 Å². The van der Waals surface area contributed by atoms with Gasteiger partial charge in [-0.2, -0.15) is 0 Å². The molecular weight excluding hydrogens is 180 g/mol. The normalized spacial score (nSPS) is 9.42. The minimum Gasteiger partial charge on any atom is -1.00 e. The maximum Gasteiger partial charge on any atom is 2.00 e. The van der Waals surface area contributed by atoms with Crippen LogP contribution in [0.25, 0.3) is 0 Å². The smallest absolute Gasteiger partial charge is 1.00 e. The second-order valence-corrected chi connectivity index (χ2v) is 2.87. The first-order valence-electron chi connectivity index (χ1n) is 3.75. The summed E-state index contributed by atoms with van der Waals surface area (Å²) < 4.78 is 0. The van der Waals surface area contributed by atoms with E-state index in [0.717, 1.165) is 12.8 Å². The maximum absolute atomic E-state index is 3.70. The minimum absolute atomic E-state index is 0. The molecule has 66 valence electrons. The Hall–Kier alpha value is 0.406. The van der Waals surface area contributed by atoms with Crippen molar-refractivity contribution in [3.05, 3.63) is 30.2 Å². The van der Waals surface area contributed by atoms with E-state index in [4.69, 9.17) is 0 Å². The summed E-state index contributed by atoms with van der Waals surface area (Å²) in [6.07, 6.45) is 6.49. The monoisotopic (exact) mass is 196 g/mol. The summed E-state index contributed by atoms with van der Waals surface area (Å²) in [5, 5.41) is 0. The van der Waals surface area contributed by atoms with Crippen LogP contribution in [0, 0.1) is 6.92 Å². The van der Waals surface area contributed by atoms with Crippen molar-refractivity contribution in [1.29, 1.82) is 0 Å². The topological polar surface area (TPSA) is 0 Å². The molecule has 0 aliphatic heterocycles. The van der Waals surface area contributed by atoms with Gasteiger partial charge in [-0.1, -0.05) is 18.1 Å². The Labute approximate surface area is 99.1 Å². The van der Waals surface area contributed by atoms with Gasteiger partial charge in [0.2, 0.25) is 0 Å². The molecule has 0 N–H and O–H groups in total. The fourth-order valence-corrected chi connectivity index (χ4v) is 0.691. The van der Waals surface area contributed by atoms with Gasteiger partial charge in [-0.3, -0.25) is 0 Å². The van der Waals surface area contributed by atoms with E-state index in [1.165, 1.54) is 11.1 Å². The van der Waals surface area contributed by atoms with E-state index in [-0.39, 0.29) is 35.5 Å². The molecule has 0 aliphatic carbocycles. The molecule has 0 amide bonds. The Morgan fingerprint density at radius 1 is 1.25 bits per heavy atom. The first-order chi connectivity index (χ1) is 4.66. The van der Waals surface area contributed by atoms with Crippen LogP contribution in [0.2, 0.25) is 0 Å². The van der Waals surface area contributed by atoms with Crippen molar-refractivity contribution in [2.24, 2.45) is 0 Å². The summed E-state index contributed by atoms with van der Waals surface area (Å²) >= 11 is 0. The van der Waals surface area contributed by atoms with Crippen LogP contribution in [0.5, 0.6) is 0 Å². The molecule has 0 aliphatic rings. The largest absolute Gasteiger partial charge is 2.00 e. The second kappa shape index (κ2) is 11.4. The van der Waals surface area contributed by atoms with Crippen molar-refractivity contribution in [2.45, 2.75) is 33.6 Å². The Balaban J connectivity index is -0.000000405. The third kappa shape index (κ3) is 13.0. The molecule has 12 heavy (non-hydrogen) atoms. The molecule has 0 bridgehead atoms. The summed E-state index contributed by atoms with van der Waals surface area (Å²) in [6.45, 7) is 10.1. The zero-order chi connectivity index (χ0) is 7.98. The third-order valence-corrected chi connectivity index (χ3v) is 1.44. The average Bonchev–Trinajstić information content (AvgIpc) is 1.87. The average molecular weight is 197 g/mol. The molecule has 0 rings (SSSR count). The third-order valence-electron chi connectivity index (χ3n) is 1.44. The Bertz CT molecular complexity index is 144. The van der Waals surface area contributed by atoms with Gasteiger partial charge in [0, 0.05) is 0 Å². The Kier molecular flexibility index (Phi) is 17.3. The Morgan fingerprint density at radius 3 is 2.08 bits per heavy atom. The van der Waals surface area contributed by atoms with E-state index in [2.05, 4.69) is 33.8 Å². The van der Waals surface area contributed by atoms with Crippen LogP contribution in [0.1, 0.15) is 33.6 Å². The fourth-order valence-electron chi connectivity index (χ4n) is 0.691. The summed E-state index contributed by atoms with van der Waals surface area (Å²) in [5.41, 5.74) is 2.77. The summed E-state index contributed by atoms with van der Waals surface area (Å²) in [5.74, 6) is 0. The second-order valence-electron chi connectivity index (χ2n) is 2.87. The predicted octanol–water partition coefficient (Wildman–Crippen LogP) is 0.136. The van der Waals surface area contributed by atoms with E-state index in [0.29, 0.717) is 0 Å². The first kappa shape index (κ1) is 18.2. The van der Waals surface area contributed by atoms with Gasteiger partial charge >= 0.3 is 23.1 Å². The summed E-state index contributed by atoms with van der Waals surface area (Å²) in [7, 11) is 0. The van der Waals surface area contributed by atoms with Gasteiger partial charge in [-0.05, 0) is 20.3 Å². The van der Waals surface area contributed by atoms with Crippen molar-refractivity contribution in [1.82, 2.24) is 0 Å². The van der Waals surface area contributed by atoms with E-state index < -0.39 is 0 Å².